The number of amides is 1. The van der Waals surface area contributed by atoms with E-state index in [1.165, 1.54) is 0 Å². The standard InChI is InChI=1S/C5H8FNO3/c6-2-1-4(3-8)10-5(7)9/h3-4H,1-2H2,(H2,7,9). The molecule has 1 amide bonds. The predicted molar refractivity (Wildman–Crippen MR) is 31.1 cm³/mol. The molecule has 2 N–H and O–H groups in total. The highest BCUT2D eigenvalue weighted by atomic mass is 19.1. The van der Waals surface area contributed by atoms with Crippen LogP contribution in [-0.2, 0) is 9.53 Å². The molecule has 0 aromatic rings. The third-order valence-corrected chi connectivity index (χ3v) is 0.813. The van der Waals surface area contributed by atoms with Crippen molar-refractivity contribution in [1.29, 1.82) is 0 Å². The second-order valence-electron chi connectivity index (χ2n) is 1.59. The van der Waals surface area contributed by atoms with Gasteiger partial charge in [0.25, 0.3) is 0 Å². The van der Waals surface area contributed by atoms with Gasteiger partial charge in [-0.1, -0.05) is 0 Å². The summed E-state index contributed by atoms with van der Waals surface area (Å²) < 4.78 is 15.7. The minimum Gasteiger partial charge on any atom is -0.439 e. The first-order chi connectivity index (χ1) is 4.70. The van der Waals surface area contributed by atoms with Crippen LogP contribution < -0.4 is 5.73 Å². The van der Waals surface area contributed by atoms with Gasteiger partial charge in [-0.2, -0.15) is 0 Å². The SMILES string of the molecule is NC(=O)OC(C=O)CCF. The zero-order valence-electron chi connectivity index (χ0n) is 5.25. The lowest BCUT2D eigenvalue weighted by Gasteiger charge is -2.05. The zero-order valence-corrected chi connectivity index (χ0v) is 5.25. The Bertz CT molecular complexity index is 128. The number of carbonyl (C=O) groups excluding carboxylic acids is 2. The van der Waals surface area contributed by atoms with E-state index in [4.69, 9.17) is 0 Å². The zero-order chi connectivity index (χ0) is 7.98. The molecule has 0 saturated heterocycles. The van der Waals surface area contributed by atoms with Crippen LogP contribution in [0, 0.1) is 0 Å². The van der Waals surface area contributed by atoms with E-state index in [1.807, 2.05) is 0 Å². The van der Waals surface area contributed by atoms with Gasteiger partial charge in [-0.05, 0) is 0 Å². The molecule has 0 bridgehead atoms. The number of nitrogens with two attached hydrogens (primary N) is 1. The second kappa shape index (κ2) is 4.72. The van der Waals surface area contributed by atoms with Crippen LogP contribution in [0.25, 0.3) is 0 Å². The molecule has 58 valence electrons. The van der Waals surface area contributed by atoms with Crippen LogP contribution in [0.1, 0.15) is 6.42 Å². The van der Waals surface area contributed by atoms with E-state index in [9.17, 15) is 14.0 Å². The molecule has 0 spiro atoms. The fourth-order valence-corrected chi connectivity index (χ4v) is 0.411. The lowest BCUT2D eigenvalue weighted by atomic mass is 10.3. The Kier molecular flexibility index (Phi) is 4.19. The molecule has 4 nitrogen and oxygen atoms in total. The first kappa shape index (κ1) is 8.87. The maximum absolute atomic E-state index is 11.5. The molecule has 0 heterocycles. The van der Waals surface area contributed by atoms with Crippen molar-refractivity contribution < 1.29 is 18.7 Å². The van der Waals surface area contributed by atoms with Crippen molar-refractivity contribution in [1.82, 2.24) is 0 Å². The number of primary amides is 1. The number of aldehydes is 1. The van der Waals surface area contributed by atoms with Crippen molar-refractivity contribution >= 4 is 12.4 Å². The first-order valence-corrected chi connectivity index (χ1v) is 2.68. The number of alkyl halides is 1. The van der Waals surface area contributed by atoms with Gasteiger partial charge in [-0.15, -0.1) is 0 Å². The lowest BCUT2D eigenvalue weighted by molar-refractivity contribution is -0.115. The smallest absolute Gasteiger partial charge is 0.405 e. The van der Waals surface area contributed by atoms with Crippen LogP contribution in [0.15, 0.2) is 0 Å². The van der Waals surface area contributed by atoms with E-state index < -0.39 is 18.9 Å². The summed E-state index contributed by atoms with van der Waals surface area (Å²) >= 11 is 0. The van der Waals surface area contributed by atoms with Gasteiger partial charge in [0.2, 0.25) is 0 Å². The maximum Gasteiger partial charge on any atom is 0.405 e. The van der Waals surface area contributed by atoms with Crippen molar-refractivity contribution in [3.8, 4) is 0 Å². The molecular weight excluding hydrogens is 141 g/mol. The Morgan fingerprint density at radius 2 is 2.40 bits per heavy atom. The van der Waals surface area contributed by atoms with Gasteiger partial charge in [0.15, 0.2) is 12.4 Å². The summed E-state index contributed by atoms with van der Waals surface area (Å²) in [5.74, 6) is 0. The lowest BCUT2D eigenvalue weighted by Crippen LogP contribution is -2.24. The van der Waals surface area contributed by atoms with Crippen LogP contribution in [0.5, 0.6) is 0 Å². The molecule has 0 saturated carbocycles. The fourth-order valence-electron chi connectivity index (χ4n) is 0.411. The molecule has 0 rings (SSSR count). The third-order valence-electron chi connectivity index (χ3n) is 0.813. The van der Waals surface area contributed by atoms with Gasteiger partial charge in [0.1, 0.15) is 0 Å². The van der Waals surface area contributed by atoms with Crippen molar-refractivity contribution in [3.05, 3.63) is 0 Å². The van der Waals surface area contributed by atoms with Gasteiger partial charge < -0.3 is 10.5 Å². The first-order valence-electron chi connectivity index (χ1n) is 2.68. The molecule has 0 aromatic heterocycles. The topological polar surface area (TPSA) is 69.4 Å². The van der Waals surface area contributed by atoms with Crippen LogP contribution in [0.2, 0.25) is 0 Å². The summed E-state index contributed by atoms with van der Waals surface area (Å²) in [5, 5.41) is 0. The molecule has 1 unspecified atom stereocenters. The Labute approximate surface area is 57.1 Å². The Morgan fingerprint density at radius 3 is 2.70 bits per heavy atom. The largest absolute Gasteiger partial charge is 0.439 e. The molecular formula is C5H8FNO3. The summed E-state index contributed by atoms with van der Waals surface area (Å²) in [6.45, 7) is -0.712. The van der Waals surface area contributed by atoms with Crippen LogP contribution in [-0.4, -0.2) is 25.2 Å². The molecule has 0 radical (unpaired) electrons. The van der Waals surface area contributed by atoms with Crippen molar-refractivity contribution in [3.63, 3.8) is 0 Å². The summed E-state index contributed by atoms with van der Waals surface area (Å²) in [5.41, 5.74) is 4.56. The quantitative estimate of drug-likeness (QED) is 0.572. The fraction of sp³-hybridized carbons (Fsp3) is 0.600. The summed E-state index contributed by atoms with van der Waals surface area (Å²) in [6.07, 6.45) is -1.90. The summed E-state index contributed by atoms with van der Waals surface area (Å²) in [4.78, 5) is 19.9. The van der Waals surface area contributed by atoms with Crippen LogP contribution in [0.3, 0.4) is 0 Å². The van der Waals surface area contributed by atoms with Crippen LogP contribution >= 0.6 is 0 Å². The number of carbonyl (C=O) groups is 2. The molecule has 1 atom stereocenters. The van der Waals surface area contributed by atoms with Crippen molar-refractivity contribution in [2.24, 2.45) is 5.73 Å². The second-order valence-corrected chi connectivity index (χ2v) is 1.59. The predicted octanol–water partition coefficient (Wildman–Crippen LogP) is 0.00880. The van der Waals surface area contributed by atoms with Gasteiger partial charge in [0.05, 0.1) is 6.67 Å². The van der Waals surface area contributed by atoms with E-state index in [0.29, 0.717) is 6.29 Å². The van der Waals surface area contributed by atoms with Crippen LogP contribution in [0.4, 0.5) is 9.18 Å². The molecule has 0 aliphatic carbocycles. The van der Waals surface area contributed by atoms with Crippen molar-refractivity contribution in [2.75, 3.05) is 6.67 Å². The number of ether oxygens (including phenoxy) is 1. The highest BCUT2D eigenvalue weighted by Gasteiger charge is 2.09. The number of hydrogen-bond donors (Lipinski definition) is 1. The summed E-state index contributed by atoms with van der Waals surface area (Å²) in [6, 6.07) is 0. The Morgan fingerprint density at radius 1 is 1.80 bits per heavy atom. The van der Waals surface area contributed by atoms with Crippen molar-refractivity contribution in [2.45, 2.75) is 12.5 Å². The average molecular weight is 149 g/mol. The Hall–Kier alpha value is -1.13. The van der Waals surface area contributed by atoms with Gasteiger partial charge in [-0.3, -0.25) is 9.18 Å². The highest BCUT2D eigenvalue weighted by Crippen LogP contribution is 1.94. The van der Waals surface area contributed by atoms with E-state index in [0.717, 1.165) is 0 Å². The van der Waals surface area contributed by atoms with Gasteiger partial charge in [-0.25, -0.2) is 4.79 Å². The highest BCUT2D eigenvalue weighted by molar-refractivity contribution is 5.68. The monoisotopic (exact) mass is 149 g/mol. The molecule has 0 aromatic carbocycles. The van der Waals surface area contributed by atoms with Gasteiger partial charge >= 0.3 is 6.09 Å². The average Bonchev–Trinajstić information content (AvgIpc) is 1.86. The maximum atomic E-state index is 11.5. The molecule has 5 heteroatoms. The Balaban J connectivity index is 3.59. The number of rotatable bonds is 4. The minimum atomic E-state index is -1.06. The van der Waals surface area contributed by atoms with E-state index >= 15 is 0 Å². The molecule has 0 fully saturated rings. The molecule has 10 heavy (non-hydrogen) atoms. The third kappa shape index (κ3) is 3.82. The number of halogens is 1. The molecule has 0 aliphatic heterocycles. The van der Waals surface area contributed by atoms with E-state index in [-0.39, 0.29) is 6.42 Å². The van der Waals surface area contributed by atoms with E-state index in [1.54, 1.807) is 0 Å². The minimum absolute atomic E-state index is 0.132. The molecule has 0 aliphatic rings. The summed E-state index contributed by atoms with van der Waals surface area (Å²) in [7, 11) is 0. The normalized spacial score (nSPS) is 12.1. The number of hydrogen-bond acceptors (Lipinski definition) is 3. The van der Waals surface area contributed by atoms with E-state index in [2.05, 4.69) is 10.5 Å². The van der Waals surface area contributed by atoms with Gasteiger partial charge in [0, 0.05) is 6.42 Å².